The first-order valence-electron chi connectivity index (χ1n) is 11.4. The second-order valence-electron chi connectivity index (χ2n) is 8.05. The zero-order valence-electron chi connectivity index (χ0n) is 19.3. The van der Waals surface area contributed by atoms with Gasteiger partial charge in [0.2, 0.25) is 0 Å². The van der Waals surface area contributed by atoms with Crippen LogP contribution in [0.15, 0.2) is 108 Å². The van der Waals surface area contributed by atoms with Gasteiger partial charge < -0.3 is 9.15 Å². The Morgan fingerprint density at radius 2 is 1.54 bits per heavy atom. The Hall–Kier alpha value is -4.13. The van der Waals surface area contributed by atoms with Gasteiger partial charge in [0.25, 0.3) is 5.91 Å². The zero-order chi connectivity index (χ0) is 24.3. The van der Waals surface area contributed by atoms with E-state index in [4.69, 9.17) is 14.4 Å². The monoisotopic (exact) mass is 468 g/mol. The molecular formula is C29H28N2O4. The zero-order valence-corrected chi connectivity index (χ0v) is 19.3. The summed E-state index contributed by atoms with van der Waals surface area (Å²) in [4.78, 5) is 13.5. The van der Waals surface area contributed by atoms with Crippen LogP contribution in [0.4, 0.5) is 0 Å². The Morgan fingerprint density at radius 1 is 0.857 bits per heavy atom. The van der Waals surface area contributed by atoms with Crippen LogP contribution < -0.4 is 10.2 Å². The molecule has 0 aliphatic rings. The first kappa shape index (κ1) is 24.0. The SMILES string of the molecule is O=C(/C=C/c1ccc(CN(CCOc2ccccc2)Cc2ccc(-c3ccccc3)cc2)o1)NO. The quantitative estimate of drug-likeness (QED) is 0.172. The summed E-state index contributed by atoms with van der Waals surface area (Å²) in [6.07, 6.45) is 2.72. The number of para-hydroxylation sites is 1. The first-order valence-corrected chi connectivity index (χ1v) is 11.4. The molecule has 0 spiro atoms. The van der Waals surface area contributed by atoms with Crippen LogP contribution in [0, 0.1) is 0 Å². The molecule has 1 aromatic heterocycles. The highest BCUT2D eigenvalue weighted by atomic mass is 16.5. The van der Waals surface area contributed by atoms with Gasteiger partial charge in [-0.3, -0.25) is 14.9 Å². The Bertz CT molecular complexity index is 1220. The lowest BCUT2D eigenvalue weighted by Crippen LogP contribution is -2.27. The fraction of sp³-hybridized carbons (Fsp3) is 0.138. The Labute approximate surface area is 205 Å². The molecular weight excluding hydrogens is 440 g/mol. The van der Waals surface area contributed by atoms with Crippen LogP contribution >= 0.6 is 0 Å². The standard InChI is InChI=1S/C29H28N2O4/c32-29(30-33)18-17-27-15-16-28(35-27)22-31(19-20-34-26-9-5-2-6-10-26)21-23-11-13-25(14-12-23)24-7-3-1-4-8-24/h1-18,33H,19-22H2,(H,30,32)/b18-17+. The topological polar surface area (TPSA) is 74.9 Å². The molecule has 0 saturated heterocycles. The molecule has 4 aromatic rings. The van der Waals surface area contributed by atoms with Gasteiger partial charge in [0.05, 0.1) is 6.54 Å². The summed E-state index contributed by atoms with van der Waals surface area (Å²) in [7, 11) is 0. The summed E-state index contributed by atoms with van der Waals surface area (Å²) in [6, 6.07) is 32.4. The molecule has 0 unspecified atom stereocenters. The van der Waals surface area contributed by atoms with Gasteiger partial charge in [-0.25, -0.2) is 5.48 Å². The number of furan rings is 1. The number of carbonyl (C=O) groups excluding carboxylic acids is 1. The molecule has 0 aliphatic carbocycles. The summed E-state index contributed by atoms with van der Waals surface area (Å²) >= 11 is 0. The summed E-state index contributed by atoms with van der Waals surface area (Å²) in [5, 5.41) is 8.62. The number of amides is 1. The number of hydrogen-bond donors (Lipinski definition) is 2. The fourth-order valence-corrected chi connectivity index (χ4v) is 3.70. The van der Waals surface area contributed by atoms with Crippen molar-refractivity contribution in [2.75, 3.05) is 13.2 Å². The van der Waals surface area contributed by atoms with Gasteiger partial charge in [-0.15, -0.1) is 0 Å². The van der Waals surface area contributed by atoms with Crippen molar-refractivity contribution in [1.82, 2.24) is 10.4 Å². The van der Waals surface area contributed by atoms with Gasteiger partial charge in [0, 0.05) is 19.2 Å². The minimum Gasteiger partial charge on any atom is -0.492 e. The van der Waals surface area contributed by atoms with E-state index in [-0.39, 0.29) is 0 Å². The Balaban J connectivity index is 1.43. The van der Waals surface area contributed by atoms with Crippen molar-refractivity contribution in [1.29, 1.82) is 0 Å². The maximum Gasteiger partial charge on any atom is 0.267 e. The van der Waals surface area contributed by atoms with Crippen LogP contribution in [0.2, 0.25) is 0 Å². The van der Waals surface area contributed by atoms with Crippen molar-refractivity contribution >= 4 is 12.0 Å². The Morgan fingerprint density at radius 3 is 2.26 bits per heavy atom. The van der Waals surface area contributed by atoms with Gasteiger partial charge in [0.15, 0.2) is 0 Å². The van der Waals surface area contributed by atoms with Crippen molar-refractivity contribution < 1.29 is 19.2 Å². The molecule has 0 fully saturated rings. The van der Waals surface area contributed by atoms with Crippen molar-refractivity contribution in [3.05, 3.63) is 120 Å². The largest absolute Gasteiger partial charge is 0.492 e. The van der Waals surface area contributed by atoms with Crippen LogP contribution in [0.5, 0.6) is 5.75 Å². The van der Waals surface area contributed by atoms with Crippen molar-refractivity contribution in [2.45, 2.75) is 13.1 Å². The summed E-state index contributed by atoms with van der Waals surface area (Å²) in [5.41, 5.74) is 5.13. The fourth-order valence-electron chi connectivity index (χ4n) is 3.70. The number of carbonyl (C=O) groups is 1. The third kappa shape index (κ3) is 7.43. The number of nitrogens with zero attached hydrogens (tertiary/aromatic N) is 1. The minimum absolute atomic E-state index is 0.538. The van der Waals surface area contributed by atoms with E-state index in [1.54, 1.807) is 11.5 Å². The summed E-state index contributed by atoms with van der Waals surface area (Å²) < 4.78 is 11.8. The van der Waals surface area contributed by atoms with Crippen LogP contribution in [-0.2, 0) is 17.9 Å². The molecule has 35 heavy (non-hydrogen) atoms. The summed E-state index contributed by atoms with van der Waals surface area (Å²) in [6.45, 7) is 2.55. The van der Waals surface area contributed by atoms with E-state index in [0.29, 0.717) is 25.5 Å². The lowest BCUT2D eigenvalue weighted by molar-refractivity contribution is -0.124. The maximum atomic E-state index is 11.2. The smallest absolute Gasteiger partial charge is 0.267 e. The molecule has 0 bridgehead atoms. The van der Waals surface area contributed by atoms with Crippen LogP contribution in [0.25, 0.3) is 17.2 Å². The molecule has 1 amide bonds. The predicted octanol–water partition coefficient (Wildman–Crippen LogP) is 5.55. The molecule has 0 atom stereocenters. The Kier molecular flexibility index (Phi) is 8.48. The normalized spacial score (nSPS) is 11.1. The highest BCUT2D eigenvalue weighted by Gasteiger charge is 2.11. The number of ether oxygens (including phenoxy) is 1. The van der Waals surface area contributed by atoms with Crippen molar-refractivity contribution in [3.63, 3.8) is 0 Å². The maximum absolute atomic E-state index is 11.2. The second-order valence-corrected chi connectivity index (χ2v) is 8.05. The number of hydrogen-bond acceptors (Lipinski definition) is 5. The van der Waals surface area contributed by atoms with E-state index >= 15 is 0 Å². The molecule has 0 saturated carbocycles. The van der Waals surface area contributed by atoms with Crippen LogP contribution in [0.3, 0.4) is 0 Å². The van der Waals surface area contributed by atoms with Gasteiger partial charge >= 0.3 is 0 Å². The number of rotatable bonds is 11. The number of hydroxylamine groups is 1. The highest BCUT2D eigenvalue weighted by Crippen LogP contribution is 2.21. The molecule has 6 nitrogen and oxygen atoms in total. The van der Waals surface area contributed by atoms with Gasteiger partial charge in [-0.1, -0.05) is 72.8 Å². The van der Waals surface area contributed by atoms with Crippen molar-refractivity contribution in [3.8, 4) is 16.9 Å². The van der Waals surface area contributed by atoms with E-state index in [9.17, 15) is 4.79 Å². The molecule has 2 N–H and O–H groups in total. The molecule has 178 valence electrons. The molecule has 1 heterocycles. The lowest BCUT2D eigenvalue weighted by Gasteiger charge is -2.22. The molecule has 6 heteroatoms. The van der Waals surface area contributed by atoms with Crippen LogP contribution in [0.1, 0.15) is 17.1 Å². The van der Waals surface area contributed by atoms with Gasteiger partial charge in [0.1, 0.15) is 23.9 Å². The molecule has 3 aromatic carbocycles. The third-order valence-electron chi connectivity index (χ3n) is 5.46. The average Bonchev–Trinajstić information content (AvgIpc) is 3.36. The first-order chi connectivity index (χ1) is 17.2. The van der Waals surface area contributed by atoms with Crippen molar-refractivity contribution in [2.24, 2.45) is 0 Å². The molecule has 0 radical (unpaired) electrons. The lowest BCUT2D eigenvalue weighted by atomic mass is 10.0. The average molecular weight is 469 g/mol. The third-order valence-corrected chi connectivity index (χ3v) is 5.46. The van der Waals surface area contributed by atoms with Gasteiger partial charge in [-0.2, -0.15) is 0 Å². The van der Waals surface area contributed by atoms with E-state index in [1.807, 2.05) is 54.6 Å². The second kappa shape index (κ2) is 12.4. The minimum atomic E-state index is -0.610. The molecule has 4 rings (SSSR count). The number of nitrogens with one attached hydrogen (secondary N) is 1. The number of benzene rings is 3. The highest BCUT2D eigenvalue weighted by molar-refractivity contribution is 5.90. The van der Waals surface area contributed by atoms with E-state index < -0.39 is 5.91 Å². The van der Waals surface area contributed by atoms with Crippen LogP contribution in [-0.4, -0.2) is 29.2 Å². The summed E-state index contributed by atoms with van der Waals surface area (Å²) in [5.74, 6) is 1.54. The van der Waals surface area contributed by atoms with E-state index in [0.717, 1.165) is 18.1 Å². The molecule has 0 aliphatic heterocycles. The predicted molar refractivity (Wildman–Crippen MR) is 136 cm³/mol. The van der Waals surface area contributed by atoms with E-state index in [1.165, 1.54) is 28.8 Å². The van der Waals surface area contributed by atoms with Gasteiger partial charge in [-0.05, 0) is 47.0 Å². The van der Waals surface area contributed by atoms with E-state index in [2.05, 4.69) is 41.3 Å².